The van der Waals surface area contributed by atoms with Crippen molar-refractivity contribution in [3.05, 3.63) is 87.8 Å². The lowest BCUT2D eigenvalue weighted by Gasteiger charge is -2.31. The Bertz CT molecular complexity index is 1160. The van der Waals surface area contributed by atoms with Crippen LogP contribution in [0.4, 0.5) is 13.2 Å². The minimum atomic E-state index is -4.65. The third kappa shape index (κ3) is 5.25. The lowest BCUT2D eigenvalue weighted by molar-refractivity contribution is -0.140. The summed E-state index contributed by atoms with van der Waals surface area (Å²) in [7, 11) is 0. The van der Waals surface area contributed by atoms with E-state index in [1.807, 2.05) is 37.3 Å². The number of alkyl halides is 3. The van der Waals surface area contributed by atoms with E-state index in [0.29, 0.717) is 17.1 Å². The highest BCUT2D eigenvalue weighted by molar-refractivity contribution is 7.99. The number of benzene rings is 2. The molecule has 1 aliphatic rings. The van der Waals surface area contributed by atoms with E-state index in [1.54, 1.807) is 13.8 Å². The molecule has 33 heavy (non-hydrogen) atoms. The summed E-state index contributed by atoms with van der Waals surface area (Å²) >= 11 is 1.45. The Morgan fingerprint density at radius 1 is 1.15 bits per heavy atom. The van der Waals surface area contributed by atoms with Gasteiger partial charge >= 0.3 is 12.1 Å². The number of halogens is 3. The standard InChI is InChI=1S/C25H23F3N2O2S/c1-4-32-24(31)23-20(14-33-21-12-8-5-9-15(21)2)30-16(3)18(13-29)22(23)17-10-6-7-11-19(17)25(26,27)28/h5-12,22,30H,4,14H2,1-3H3. The van der Waals surface area contributed by atoms with Crippen molar-refractivity contribution in [1.29, 1.82) is 5.26 Å². The van der Waals surface area contributed by atoms with Crippen LogP contribution in [0.25, 0.3) is 0 Å². The van der Waals surface area contributed by atoms with Gasteiger partial charge in [0.25, 0.3) is 0 Å². The van der Waals surface area contributed by atoms with E-state index >= 15 is 0 Å². The number of esters is 1. The first-order valence-electron chi connectivity index (χ1n) is 10.3. The van der Waals surface area contributed by atoms with E-state index in [4.69, 9.17) is 4.74 Å². The van der Waals surface area contributed by atoms with E-state index in [2.05, 4.69) is 5.32 Å². The summed E-state index contributed by atoms with van der Waals surface area (Å²) in [5, 5.41) is 12.9. The van der Waals surface area contributed by atoms with Crippen LogP contribution in [0.15, 0.2) is 76.0 Å². The highest BCUT2D eigenvalue weighted by Gasteiger charge is 2.41. The van der Waals surface area contributed by atoms with Gasteiger partial charge in [-0.1, -0.05) is 36.4 Å². The van der Waals surface area contributed by atoms with Gasteiger partial charge in [-0.15, -0.1) is 11.8 Å². The number of allylic oxidation sites excluding steroid dienone is 2. The average molecular weight is 473 g/mol. The Morgan fingerprint density at radius 2 is 1.82 bits per heavy atom. The van der Waals surface area contributed by atoms with Crippen molar-refractivity contribution < 1.29 is 22.7 Å². The molecule has 0 aromatic heterocycles. The second-order valence-electron chi connectivity index (χ2n) is 7.46. The Balaban J connectivity index is 2.19. The highest BCUT2D eigenvalue weighted by atomic mass is 32.2. The lowest BCUT2D eigenvalue weighted by Crippen LogP contribution is -2.31. The molecular weight excluding hydrogens is 449 g/mol. The van der Waals surface area contributed by atoms with E-state index in [1.165, 1.54) is 30.0 Å². The zero-order valence-corrected chi connectivity index (χ0v) is 19.2. The van der Waals surface area contributed by atoms with Crippen LogP contribution in [0.5, 0.6) is 0 Å². The molecule has 0 aliphatic carbocycles. The topological polar surface area (TPSA) is 62.1 Å². The molecule has 0 radical (unpaired) electrons. The second kappa shape index (κ2) is 10.2. The van der Waals surface area contributed by atoms with Gasteiger partial charge in [0, 0.05) is 22.0 Å². The number of nitriles is 1. The molecule has 1 aliphatic heterocycles. The third-order valence-corrected chi connectivity index (χ3v) is 6.51. The molecule has 0 amide bonds. The van der Waals surface area contributed by atoms with Crippen molar-refractivity contribution in [1.82, 2.24) is 5.32 Å². The fraction of sp³-hybridized carbons (Fsp3) is 0.280. The number of nitrogens with one attached hydrogen (secondary N) is 1. The molecule has 1 atom stereocenters. The molecule has 172 valence electrons. The number of nitrogens with zero attached hydrogens (tertiary/aromatic N) is 1. The van der Waals surface area contributed by atoms with Gasteiger partial charge in [-0.05, 0) is 44.0 Å². The minimum Gasteiger partial charge on any atom is -0.463 e. The predicted molar refractivity (Wildman–Crippen MR) is 121 cm³/mol. The van der Waals surface area contributed by atoms with Gasteiger partial charge in [-0.3, -0.25) is 0 Å². The summed E-state index contributed by atoms with van der Waals surface area (Å²) in [6.07, 6.45) is -4.65. The lowest BCUT2D eigenvalue weighted by atomic mass is 9.79. The van der Waals surface area contributed by atoms with Gasteiger partial charge in [0.05, 0.1) is 35.3 Å². The van der Waals surface area contributed by atoms with Crippen LogP contribution in [-0.2, 0) is 15.7 Å². The SMILES string of the molecule is CCOC(=O)C1=C(CSc2ccccc2C)NC(C)=C(C#N)C1c1ccccc1C(F)(F)F. The fourth-order valence-electron chi connectivity index (χ4n) is 3.79. The van der Waals surface area contributed by atoms with Crippen LogP contribution in [-0.4, -0.2) is 18.3 Å². The summed E-state index contributed by atoms with van der Waals surface area (Å²) in [6, 6.07) is 14.8. The molecular formula is C25H23F3N2O2S. The molecule has 2 aromatic carbocycles. The molecule has 0 saturated carbocycles. The first kappa shape index (κ1) is 24.5. The fourth-order valence-corrected chi connectivity index (χ4v) is 4.79. The van der Waals surface area contributed by atoms with E-state index in [-0.39, 0.29) is 23.3 Å². The number of hydrogen-bond donors (Lipinski definition) is 1. The largest absolute Gasteiger partial charge is 0.463 e. The third-order valence-electron chi connectivity index (χ3n) is 5.30. The van der Waals surface area contributed by atoms with Gasteiger partial charge in [0.15, 0.2) is 0 Å². The highest BCUT2D eigenvalue weighted by Crippen LogP contribution is 2.44. The molecule has 4 nitrogen and oxygen atoms in total. The second-order valence-corrected chi connectivity index (χ2v) is 8.48. The maximum absolute atomic E-state index is 13.9. The monoisotopic (exact) mass is 472 g/mol. The van der Waals surface area contributed by atoms with Gasteiger partial charge in [-0.25, -0.2) is 4.79 Å². The molecule has 1 N–H and O–H groups in total. The molecule has 1 heterocycles. The van der Waals surface area contributed by atoms with Crippen LogP contribution in [0, 0.1) is 18.3 Å². The molecule has 1 unspecified atom stereocenters. The van der Waals surface area contributed by atoms with Crippen molar-refractivity contribution in [2.75, 3.05) is 12.4 Å². The number of aryl methyl sites for hydroxylation is 1. The predicted octanol–water partition coefficient (Wildman–Crippen LogP) is 6.11. The van der Waals surface area contributed by atoms with Gasteiger partial charge in [-0.2, -0.15) is 18.4 Å². The molecule has 2 aromatic rings. The minimum absolute atomic E-state index is 0.0248. The van der Waals surface area contributed by atoms with Crippen molar-refractivity contribution >= 4 is 17.7 Å². The van der Waals surface area contributed by atoms with Crippen molar-refractivity contribution in [2.24, 2.45) is 0 Å². The summed E-state index contributed by atoms with van der Waals surface area (Å²) in [5.41, 5.74) is 0.929. The molecule has 3 rings (SSSR count). The molecule has 0 bridgehead atoms. The number of carbonyl (C=O) groups excluding carboxylic acids is 1. The summed E-state index contributed by atoms with van der Waals surface area (Å²) in [6.45, 7) is 5.26. The molecule has 8 heteroatoms. The first-order valence-corrected chi connectivity index (χ1v) is 11.3. The van der Waals surface area contributed by atoms with Gasteiger partial charge < -0.3 is 10.1 Å². The average Bonchev–Trinajstić information content (AvgIpc) is 2.77. The summed E-state index contributed by atoms with van der Waals surface area (Å²) < 4.78 is 46.8. The van der Waals surface area contributed by atoms with Crippen LogP contribution < -0.4 is 5.32 Å². The van der Waals surface area contributed by atoms with Gasteiger partial charge in [0.1, 0.15) is 0 Å². The zero-order valence-electron chi connectivity index (χ0n) is 18.4. The number of carbonyl (C=O) groups is 1. The van der Waals surface area contributed by atoms with Gasteiger partial charge in [0.2, 0.25) is 0 Å². The normalized spacial score (nSPS) is 16.3. The number of ether oxygens (including phenoxy) is 1. The summed E-state index contributed by atoms with van der Waals surface area (Å²) in [4.78, 5) is 14.0. The quantitative estimate of drug-likeness (QED) is 0.406. The van der Waals surface area contributed by atoms with Crippen LogP contribution in [0.3, 0.4) is 0 Å². The molecule has 0 spiro atoms. The van der Waals surface area contributed by atoms with E-state index < -0.39 is 23.6 Å². The van der Waals surface area contributed by atoms with Crippen LogP contribution in [0.1, 0.15) is 36.5 Å². The molecule has 0 saturated heterocycles. The van der Waals surface area contributed by atoms with Crippen LogP contribution in [0.2, 0.25) is 0 Å². The Hall–Kier alpha value is -3.18. The Kier molecular flexibility index (Phi) is 7.54. The molecule has 0 fully saturated rings. The Morgan fingerprint density at radius 3 is 2.45 bits per heavy atom. The zero-order chi connectivity index (χ0) is 24.2. The summed E-state index contributed by atoms with van der Waals surface area (Å²) in [5.74, 6) is -1.65. The van der Waals surface area contributed by atoms with Crippen LogP contribution >= 0.6 is 11.8 Å². The first-order chi connectivity index (χ1) is 15.7. The van der Waals surface area contributed by atoms with E-state index in [0.717, 1.165) is 16.5 Å². The Labute approximate surface area is 195 Å². The smallest absolute Gasteiger partial charge is 0.416 e. The van der Waals surface area contributed by atoms with Crippen molar-refractivity contribution in [2.45, 2.75) is 37.8 Å². The maximum Gasteiger partial charge on any atom is 0.416 e. The van der Waals surface area contributed by atoms with E-state index in [9.17, 15) is 23.2 Å². The van der Waals surface area contributed by atoms with Crippen molar-refractivity contribution in [3.63, 3.8) is 0 Å². The number of rotatable bonds is 6. The number of dihydropyridines is 1. The number of hydrogen-bond acceptors (Lipinski definition) is 5. The van der Waals surface area contributed by atoms with Crippen molar-refractivity contribution in [3.8, 4) is 6.07 Å². The number of thioether (sulfide) groups is 1. The maximum atomic E-state index is 13.9.